The van der Waals surface area contributed by atoms with Gasteiger partial charge in [0.2, 0.25) is 0 Å². The van der Waals surface area contributed by atoms with Crippen molar-refractivity contribution in [3.63, 3.8) is 0 Å². The lowest BCUT2D eigenvalue weighted by Crippen LogP contribution is -2.54. The third-order valence-electron chi connectivity index (χ3n) is 7.24. The Hall–Kier alpha value is -3.55. The average Bonchev–Trinajstić information content (AvgIpc) is 3.34. The van der Waals surface area contributed by atoms with Crippen LogP contribution in [0.4, 0.5) is 4.79 Å². The summed E-state index contributed by atoms with van der Waals surface area (Å²) < 4.78 is 5.69. The summed E-state index contributed by atoms with van der Waals surface area (Å²) in [6.07, 6.45) is 0. The Bertz CT molecular complexity index is 1290. The van der Waals surface area contributed by atoms with E-state index in [0.29, 0.717) is 55.2 Å². The maximum absolute atomic E-state index is 14.3. The van der Waals surface area contributed by atoms with Gasteiger partial charge in [-0.1, -0.05) is 71.6 Å². The number of aliphatic hydroxyl groups excluding tert-OH is 1. The zero-order valence-electron chi connectivity index (χ0n) is 21.5. The second-order valence-corrected chi connectivity index (χ2v) is 9.58. The molecule has 7 nitrogen and oxygen atoms in total. The van der Waals surface area contributed by atoms with Gasteiger partial charge in [-0.25, -0.2) is 4.79 Å². The van der Waals surface area contributed by atoms with E-state index in [1.165, 1.54) is 0 Å². The smallest absolute Gasteiger partial charge is 0.326 e. The van der Waals surface area contributed by atoms with E-state index in [-0.39, 0.29) is 18.7 Å². The quantitative estimate of drug-likeness (QED) is 0.518. The molecule has 190 valence electrons. The minimum absolute atomic E-state index is 0.104. The molecule has 2 heterocycles. The number of β-amino-alcohol motifs (C(OH)–C–C–N with tert-alkyl or cyclic N) is 1. The van der Waals surface area contributed by atoms with Crippen molar-refractivity contribution in [2.75, 3.05) is 46.4 Å². The van der Waals surface area contributed by atoms with Gasteiger partial charge in [0.15, 0.2) is 0 Å². The van der Waals surface area contributed by atoms with Crippen molar-refractivity contribution in [3.05, 3.63) is 89.5 Å². The molecular weight excluding hydrogens is 474 g/mol. The number of carbonyl (C=O) groups excluding carboxylic acids is 1. The zero-order valence-corrected chi connectivity index (χ0v) is 21.5. The molecule has 3 aromatic carbocycles. The first-order valence-corrected chi connectivity index (χ1v) is 12.8. The zero-order chi connectivity index (χ0) is 26.6. The Kier molecular flexibility index (Phi) is 7.86. The number of nitrogens with zero attached hydrogens (tertiary/aromatic N) is 4. The van der Waals surface area contributed by atoms with Crippen molar-refractivity contribution in [3.8, 4) is 5.75 Å². The molecule has 2 aliphatic rings. The average molecular weight is 504 g/mol. The van der Waals surface area contributed by atoms with Crippen LogP contribution in [-0.4, -0.2) is 93.8 Å². The van der Waals surface area contributed by atoms with Crippen molar-refractivity contribution in [2.45, 2.75) is 12.1 Å². The minimum Gasteiger partial charge on any atom is -0.496 e. The van der Waals surface area contributed by atoms with Gasteiger partial charge in [0, 0.05) is 32.7 Å². The van der Waals surface area contributed by atoms with E-state index in [0.717, 1.165) is 16.7 Å². The van der Waals surface area contributed by atoms with E-state index < -0.39 is 6.04 Å². The van der Waals surface area contributed by atoms with Gasteiger partial charge in [0.05, 0.1) is 25.3 Å². The molecule has 1 fully saturated rings. The first-order valence-electron chi connectivity index (χ1n) is 12.8. The summed E-state index contributed by atoms with van der Waals surface area (Å²) in [5.41, 5.74) is 3.96. The van der Waals surface area contributed by atoms with E-state index >= 15 is 0 Å². The number of aliphatic imine (C=N–C) groups is 1. The van der Waals surface area contributed by atoms with Crippen LogP contribution in [0.2, 0.25) is 0 Å². The first-order chi connectivity index (χ1) is 18.5. The number of piperazine rings is 1. The van der Waals surface area contributed by atoms with Crippen LogP contribution in [0.25, 0.3) is 0 Å². The number of amidine groups is 1. The first kappa shape index (κ1) is 26.1. The van der Waals surface area contributed by atoms with Gasteiger partial charge in [0.1, 0.15) is 33.3 Å². The normalized spacial score (nSPS) is 19.9. The Morgan fingerprint density at radius 1 is 0.921 bits per heavy atom. The van der Waals surface area contributed by atoms with Gasteiger partial charge in [-0.3, -0.25) is 14.8 Å². The fraction of sp³-hybridized carbons (Fsp3) is 0.310. The number of rotatable bonds is 6. The van der Waals surface area contributed by atoms with E-state index in [9.17, 15) is 9.90 Å². The standard InChI is InChI=1S/C29H30B2N4O3/c1-38-25-5-3-2-4-24(25)28-32-26(20-6-10-22(30)11-7-20)27(21-8-12-23(31)13-9-21)35(28)29(37)34-16-14-33(15-17-34)18-19-36/h2-13,26-27,36H,14-19H2,1H3/t26-,27+/m1/s1. The summed E-state index contributed by atoms with van der Waals surface area (Å²) in [6.45, 7) is 3.25. The van der Waals surface area contributed by atoms with Crippen LogP contribution >= 0.6 is 0 Å². The molecule has 1 saturated heterocycles. The van der Waals surface area contributed by atoms with Crippen LogP contribution in [-0.2, 0) is 0 Å². The van der Waals surface area contributed by atoms with Crippen LogP contribution in [0.1, 0.15) is 28.8 Å². The van der Waals surface area contributed by atoms with Gasteiger partial charge in [0.25, 0.3) is 0 Å². The van der Waals surface area contributed by atoms with E-state index in [2.05, 4.69) is 4.90 Å². The Labute approximate surface area is 226 Å². The van der Waals surface area contributed by atoms with E-state index in [1.807, 2.05) is 82.6 Å². The highest BCUT2D eigenvalue weighted by atomic mass is 16.5. The summed E-state index contributed by atoms with van der Waals surface area (Å²) in [5.74, 6) is 1.21. The summed E-state index contributed by atoms with van der Waals surface area (Å²) in [4.78, 5) is 25.4. The maximum Gasteiger partial charge on any atom is 0.326 e. The second-order valence-electron chi connectivity index (χ2n) is 9.58. The molecule has 0 bridgehead atoms. The highest BCUT2D eigenvalue weighted by Gasteiger charge is 2.44. The summed E-state index contributed by atoms with van der Waals surface area (Å²) in [5, 5.41) is 9.34. The van der Waals surface area contributed by atoms with Gasteiger partial charge in [-0.05, 0) is 23.3 Å². The number of aliphatic hydroxyl groups is 1. The molecule has 0 spiro atoms. The molecule has 38 heavy (non-hydrogen) atoms. The lowest BCUT2D eigenvalue weighted by Gasteiger charge is -2.39. The third-order valence-corrected chi connectivity index (χ3v) is 7.24. The van der Waals surface area contributed by atoms with Crippen molar-refractivity contribution in [1.29, 1.82) is 0 Å². The molecule has 0 aliphatic carbocycles. The topological polar surface area (TPSA) is 68.6 Å². The molecule has 2 aliphatic heterocycles. The number of urea groups is 1. The number of hydrogen-bond acceptors (Lipinski definition) is 5. The lowest BCUT2D eigenvalue weighted by molar-refractivity contribution is 0.108. The number of ether oxygens (including phenoxy) is 1. The van der Waals surface area contributed by atoms with Gasteiger partial charge >= 0.3 is 6.03 Å². The van der Waals surface area contributed by atoms with Crippen LogP contribution in [0.3, 0.4) is 0 Å². The number of amides is 2. The molecule has 0 saturated carbocycles. The van der Waals surface area contributed by atoms with Crippen molar-refractivity contribution < 1.29 is 14.6 Å². The largest absolute Gasteiger partial charge is 0.496 e. The highest BCUT2D eigenvalue weighted by Crippen LogP contribution is 2.44. The van der Waals surface area contributed by atoms with Gasteiger partial charge in [-0.15, -0.1) is 0 Å². The Balaban J connectivity index is 1.61. The fourth-order valence-electron chi connectivity index (χ4n) is 5.21. The van der Waals surface area contributed by atoms with E-state index in [4.69, 9.17) is 25.4 Å². The molecule has 3 aromatic rings. The van der Waals surface area contributed by atoms with Crippen LogP contribution < -0.4 is 15.7 Å². The van der Waals surface area contributed by atoms with Gasteiger partial charge < -0.3 is 14.7 Å². The monoisotopic (exact) mass is 504 g/mol. The summed E-state index contributed by atoms with van der Waals surface area (Å²) in [6, 6.07) is 22.0. The summed E-state index contributed by atoms with van der Waals surface area (Å²) >= 11 is 0. The predicted octanol–water partition coefficient (Wildman–Crippen LogP) is 1.56. The number of carbonyl (C=O) groups is 1. The Morgan fingerprint density at radius 3 is 2.13 bits per heavy atom. The maximum atomic E-state index is 14.3. The second kappa shape index (κ2) is 11.5. The molecule has 2 amide bonds. The van der Waals surface area contributed by atoms with Crippen LogP contribution in [0.15, 0.2) is 77.8 Å². The molecule has 1 N–H and O–H groups in total. The SMILES string of the molecule is [B]c1ccc([C@H]2N=C(c3ccccc3OC)N(C(=O)N3CCN(CCO)CC3)[C@H]2c2ccc([B])cc2)cc1. The number of para-hydroxylation sites is 1. The predicted molar refractivity (Wildman–Crippen MR) is 151 cm³/mol. The molecule has 9 heteroatoms. The highest BCUT2D eigenvalue weighted by molar-refractivity contribution is 6.32. The van der Waals surface area contributed by atoms with Crippen molar-refractivity contribution >= 4 is 38.5 Å². The molecular formula is C29H30B2N4O3. The molecule has 0 aromatic heterocycles. The molecule has 2 atom stereocenters. The van der Waals surface area contributed by atoms with E-state index in [1.54, 1.807) is 7.11 Å². The van der Waals surface area contributed by atoms with Crippen molar-refractivity contribution in [2.24, 2.45) is 4.99 Å². The fourth-order valence-corrected chi connectivity index (χ4v) is 5.21. The van der Waals surface area contributed by atoms with Crippen LogP contribution in [0, 0.1) is 0 Å². The van der Waals surface area contributed by atoms with Gasteiger partial charge in [-0.2, -0.15) is 0 Å². The number of methoxy groups -OCH3 is 1. The molecule has 4 radical (unpaired) electrons. The lowest BCUT2D eigenvalue weighted by atomic mass is 9.88. The Morgan fingerprint density at radius 2 is 1.53 bits per heavy atom. The molecule has 5 rings (SSSR count). The summed E-state index contributed by atoms with van der Waals surface area (Å²) in [7, 11) is 13.6. The van der Waals surface area contributed by atoms with Crippen molar-refractivity contribution in [1.82, 2.24) is 14.7 Å². The number of benzene rings is 3. The third kappa shape index (κ3) is 5.22. The molecule has 0 unspecified atom stereocenters. The number of hydrogen-bond donors (Lipinski definition) is 1. The van der Waals surface area contributed by atoms with Crippen LogP contribution in [0.5, 0.6) is 5.75 Å². The minimum atomic E-state index is -0.401.